The minimum Gasteiger partial charge on any atom is -0.484 e. The molecule has 3 aromatic carbocycles. The van der Waals surface area contributed by atoms with Crippen LogP contribution in [-0.2, 0) is 4.79 Å². The third kappa shape index (κ3) is 5.77. The highest BCUT2D eigenvalue weighted by Crippen LogP contribution is 2.31. The number of rotatable bonds is 7. The Balaban J connectivity index is 1.30. The second-order valence-electron chi connectivity index (χ2n) is 9.40. The quantitative estimate of drug-likeness (QED) is 0.336. The lowest BCUT2D eigenvalue weighted by molar-refractivity contribution is -0.118. The Morgan fingerprint density at radius 1 is 1.03 bits per heavy atom. The fourth-order valence-electron chi connectivity index (χ4n) is 4.70. The van der Waals surface area contributed by atoms with E-state index in [2.05, 4.69) is 10.4 Å². The summed E-state index contributed by atoms with van der Waals surface area (Å²) in [6, 6.07) is 22.3. The van der Waals surface area contributed by atoms with Gasteiger partial charge in [0.1, 0.15) is 11.6 Å². The zero-order chi connectivity index (χ0) is 25.6. The fraction of sp³-hybridized carbons (Fsp3) is 0.267. The highest BCUT2D eigenvalue weighted by Gasteiger charge is 2.22. The topological polar surface area (TPSA) is 85.6 Å². The van der Waals surface area contributed by atoms with Gasteiger partial charge in [-0.25, -0.2) is 4.98 Å². The van der Waals surface area contributed by atoms with Crippen molar-refractivity contribution in [1.82, 2.24) is 9.66 Å². The van der Waals surface area contributed by atoms with Gasteiger partial charge in [-0.3, -0.25) is 9.59 Å². The lowest BCUT2D eigenvalue weighted by atomic mass is 9.88. The van der Waals surface area contributed by atoms with Crippen LogP contribution in [0.4, 0.5) is 5.69 Å². The van der Waals surface area contributed by atoms with Crippen LogP contribution >= 0.6 is 0 Å². The van der Waals surface area contributed by atoms with E-state index in [9.17, 15) is 9.59 Å². The molecule has 1 fully saturated rings. The van der Waals surface area contributed by atoms with Gasteiger partial charge in [0, 0.05) is 11.6 Å². The highest BCUT2D eigenvalue weighted by atomic mass is 16.5. The number of carbonyl (C=O) groups is 1. The summed E-state index contributed by atoms with van der Waals surface area (Å²) < 4.78 is 7.11. The molecule has 1 heterocycles. The Morgan fingerprint density at radius 3 is 2.54 bits per heavy atom. The van der Waals surface area contributed by atoms with Gasteiger partial charge in [0.2, 0.25) is 0 Å². The van der Waals surface area contributed by atoms with Crippen LogP contribution in [0.5, 0.6) is 5.75 Å². The summed E-state index contributed by atoms with van der Waals surface area (Å²) in [4.78, 5) is 30.4. The van der Waals surface area contributed by atoms with E-state index in [-0.39, 0.29) is 24.0 Å². The predicted molar refractivity (Wildman–Crippen MR) is 147 cm³/mol. The molecule has 37 heavy (non-hydrogen) atoms. The maximum Gasteiger partial charge on any atom is 0.282 e. The molecule has 1 aliphatic carbocycles. The summed E-state index contributed by atoms with van der Waals surface area (Å²) in [6.45, 7) is 1.85. The highest BCUT2D eigenvalue weighted by molar-refractivity contribution is 5.92. The molecule has 7 nitrogen and oxygen atoms in total. The predicted octanol–water partition coefficient (Wildman–Crippen LogP) is 5.65. The van der Waals surface area contributed by atoms with Gasteiger partial charge in [-0.2, -0.15) is 9.78 Å². The number of aromatic nitrogens is 2. The van der Waals surface area contributed by atoms with Gasteiger partial charge < -0.3 is 10.1 Å². The monoisotopic (exact) mass is 494 g/mol. The molecule has 0 saturated heterocycles. The molecule has 1 aromatic heterocycles. The number of aryl methyl sites for hydroxylation is 1. The number of nitrogens with zero attached hydrogens (tertiary/aromatic N) is 3. The Bertz CT molecular complexity index is 1490. The molecule has 1 saturated carbocycles. The first-order valence-electron chi connectivity index (χ1n) is 12.7. The zero-order valence-corrected chi connectivity index (χ0v) is 20.9. The van der Waals surface area contributed by atoms with Crippen molar-refractivity contribution in [3.05, 3.63) is 100 Å². The van der Waals surface area contributed by atoms with Crippen LogP contribution in [0.25, 0.3) is 10.9 Å². The largest absolute Gasteiger partial charge is 0.484 e. The number of hydrogen-bond acceptors (Lipinski definition) is 5. The molecule has 5 rings (SSSR count). The minimum absolute atomic E-state index is 0.0926. The second-order valence-corrected chi connectivity index (χ2v) is 9.40. The SMILES string of the molecule is Cc1ccccc1NC(=O)COc1ccc(C=Nn2c(C3CCCCC3)nc3ccccc3c2=O)cc1. The average molecular weight is 495 g/mol. The smallest absolute Gasteiger partial charge is 0.282 e. The van der Waals surface area contributed by atoms with Crippen molar-refractivity contribution in [2.24, 2.45) is 5.10 Å². The van der Waals surface area contributed by atoms with E-state index in [1.165, 1.54) is 11.1 Å². The maximum absolute atomic E-state index is 13.3. The molecule has 0 bridgehead atoms. The molecule has 4 aromatic rings. The second kappa shape index (κ2) is 11.2. The van der Waals surface area contributed by atoms with Crippen molar-refractivity contribution in [1.29, 1.82) is 0 Å². The molecule has 188 valence electrons. The first-order valence-corrected chi connectivity index (χ1v) is 12.7. The van der Waals surface area contributed by atoms with Crippen molar-refractivity contribution >= 4 is 28.7 Å². The summed E-state index contributed by atoms with van der Waals surface area (Å²) in [5, 5.41) is 7.99. The van der Waals surface area contributed by atoms with Gasteiger partial charge in [0.25, 0.3) is 11.5 Å². The molecular formula is C30H30N4O3. The van der Waals surface area contributed by atoms with Gasteiger partial charge in [0.15, 0.2) is 6.61 Å². The molecule has 0 unspecified atom stereocenters. The molecule has 0 radical (unpaired) electrons. The van der Waals surface area contributed by atoms with Gasteiger partial charge in [0.05, 0.1) is 17.1 Å². The molecule has 0 atom stereocenters. The average Bonchev–Trinajstić information content (AvgIpc) is 2.94. The van der Waals surface area contributed by atoms with Crippen LogP contribution < -0.4 is 15.6 Å². The first-order chi connectivity index (χ1) is 18.1. The zero-order valence-electron chi connectivity index (χ0n) is 20.9. The van der Waals surface area contributed by atoms with Gasteiger partial charge in [-0.1, -0.05) is 49.6 Å². The van der Waals surface area contributed by atoms with Gasteiger partial charge in [-0.15, -0.1) is 0 Å². The lowest BCUT2D eigenvalue weighted by Crippen LogP contribution is -2.25. The maximum atomic E-state index is 13.3. The van der Waals surface area contributed by atoms with Crippen LogP contribution in [0.15, 0.2) is 82.7 Å². The van der Waals surface area contributed by atoms with Crippen LogP contribution in [0.2, 0.25) is 0 Å². The summed E-state index contributed by atoms with van der Waals surface area (Å²) in [5.41, 5.74) is 3.14. The van der Waals surface area contributed by atoms with Crippen LogP contribution in [0.1, 0.15) is 55.0 Å². The van der Waals surface area contributed by atoms with Crippen LogP contribution in [-0.4, -0.2) is 28.4 Å². The Kier molecular flexibility index (Phi) is 7.40. The normalized spacial score (nSPS) is 14.2. The number of fused-ring (bicyclic) bond motifs is 1. The van der Waals surface area contributed by atoms with Crippen LogP contribution in [0, 0.1) is 6.92 Å². The molecule has 1 amide bonds. The molecule has 1 N–H and O–H groups in total. The van der Waals surface area contributed by atoms with Crippen LogP contribution in [0.3, 0.4) is 0 Å². The Labute approximate surface area is 215 Å². The fourth-order valence-corrected chi connectivity index (χ4v) is 4.70. The van der Waals surface area contributed by atoms with E-state index in [0.717, 1.165) is 48.3 Å². The number of hydrogen-bond donors (Lipinski definition) is 1. The van der Waals surface area contributed by atoms with Crippen molar-refractivity contribution in [3.8, 4) is 5.75 Å². The number of para-hydroxylation sites is 2. The third-order valence-corrected chi connectivity index (χ3v) is 6.74. The summed E-state index contributed by atoms with van der Waals surface area (Å²) in [5.74, 6) is 1.31. The number of amides is 1. The minimum atomic E-state index is -0.224. The summed E-state index contributed by atoms with van der Waals surface area (Å²) in [7, 11) is 0. The molecular weight excluding hydrogens is 464 g/mol. The Hall–Kier alpha value is -4.26. The molecule has 7 heteroatoms. The third-order valence-electron chi connectivity index (χ3n) is 6.74. The van der Waals surface area contributed by atoms with Crippen molar-refractivity contribution in [3.63, 3.8) is 0 Å². The Morgan fingerprint density at radius 2 is 1.76 bits per heavy atom. The molecule has 0 aliphatic heterocycles. The first kappa shape index (κ1) is 24.4. The number of ether oxygens (including phenoxy) is 1. The van der Waals surface area contributed by atoms with E-state index < -0.39 is 0 Å². The number of benzene rings is 3. The van der Waals surface area contributed by atoms with E-state index in [1.54, 1.807) is 24.4 Å². The molecule has 0 spiro atoms. The standard InChI is InChI=1S/C30H30N4O3/c1-21-9-5-7-13-26(21)32-28(35)20-37-24-17-15-22(16-18-24)19-31-34-29(23-10-3-2-4-11-23)33-27-14-8-6-12-25(27)30(34)36/h5-9,12-19,23H,2-4,10-11,20H2,1H3,(H,32,35). The summed E-state index contributed by atoms with van der Waals surface area (Å²) >= 11 is 0. The summed E-state index contributed by atoms with van der Waals surface area (Å²) in [6.07, 6.45) is 7.20. The van der Waals surface area contributed by atoms with E-state index in [0.29, 0.717) is 16.7 Å². The van der Waals surface area contributed by atoms with E-state index in [4.69, 9.17) is 9.72 Å². The molecule has 1 aliphatic rings. The van der Waals surface area contributed by atoms with Crippen molar-refractivity contribution in [2.45, 2.75) is 44.9 Å². The van der Waals surface area contributed by atoms with Crippen molar-refractivity contribution < 1.29 is 9.53 Å². The van der Waals surface area contributed by atoms with Crippen molar-refractivity contribution in [2.75, 3.05) is 11.9 Å². The van der Waals surface area contributed by atoms with Gasteiger partial charge >= 0.3 is 0 Å². The van der Waals surface area contributed by atoms with Gasteiger partial charge in [-0.05, 0) is 73.4 Å². The number of carbonyl (C=O) groups excluding carboxylic acids is 1. The number of nitrogens with one attached hydrogen (secondary N) is 1. The van der Waals surface area contributed by atoms with E-state index >= 15 is 0 Å². The number of anilines is 1. The van der Waals surface area contributed by atoms with E-state index in [1.807, 2.05) is 61.5 Å². The lowest BCUT2D eigenvalue weighted by Gasteiger charge is -2.22.